The standard InChI is InChI=1S/C6H16IN2/c1-3-7-5-4-6(8)9-2/h6,9H,3-5,8H2,1-2H3/q-1. The van der Waals surface area contributed by atoms with Crippen molar-refractivity contribution in [1.29, 1.82) is 0 Å². The second kappa shape index (κ2) is 6.77. The molecule has 3 N–H and O–H groups in total. The second-order valence-electron chi connectivity index (χ2n) is 1.83. The Balaban J connectivity index is 2.88. The Morgan fingerprint density at radius 1 is 1.67 bits per heavy atom. The zero-order valence-corrected chi connectivity index (χ0v) is 8.31. The molecule has 0 fully saturated rings. The summed E-state index contributed by atoms with van der Waals surface area (Å²) in [6, 6.07) is 0. The number of halogens is 1. The van der Waals surface area contributed by atoms with Crippen LogP contribution in [0.1, 0.15) is 13.3 Å². The number of rotatable bonds is 5. The normalized spacial score (nSPS) is 14.1. The molecule has 0 aromatic carbocycles. The maximum atomic E-state index is 5.62. The van der Waals surface area contributed by atoms with Crippen LogP contribution in [0.4, 0.5) is 0 Å². The van der Waals surface area contributed by atoms with Crippen LogP contribution in [0, 0.1) is 0 Å². The minimum atomic E-state index is 0.233. The third-order valence-electron chi connectivity index (χ3n) is 1.11. The molecule has 9 heavy (non-hydrogen) atoms. The maximum absolute atomic E-state index is 5.62. The van der Waals surface area contributed by atoms with Gasteiger partial charge in [0, 0.05) is 0 Å². The molecule has 2 nitrogen and oxygen atoms in total. The summed E-state index contributed by atoms with van der Waals surface area (Å²) in [6.07, 6.45) is 1.38. The SMILES string of the molecule is CC[I-]CCC(N)NC. The predicted octanol–water partition coefficient (Wildman–Crippen LogP) is -3.01. The summed E-state index contributed by atoms with van der Waals surface area (Å²) < 4.78 is 2.74. The summed E-state index contributed by atoms with van der Waals surface area (Å²) in [5, 5.41) is 3.02. The van der Waals surface area contributed by atoms with Gasteiger partial charge in [-0.3, -0.25) is 0 Å². The van der Waals surface area contributed by atoms with Gasteiger partial charge in [0.05, 0.1) is 0 Å². The number of hydrogen-bond donors (Lipinski definition) is 2. The topological polar surface area (TPSA) is 38.0 Å². The average molecular weight is 243 g/mol. The Bertz CT molecular complexity index is 59.0. The van der Waals surface area contributed by atoms with Gasteiger partial charge in [-0.2, -0.15) is 0 Å². The summed E-state index contributed by atoms with van der Waals surface area (Å²) in [5.74, 6) is 0. The first-order valence-corrected chi connectivity index (χ1v) is 6.32. The van der Waals surface area contributed by atoms with Crippen LogP contribution in [-0.2, 0) is 0 Å². The molecule has 0 rings (SSSR count). The average Bonchev–Trinajstić information content (AvgIpc) is 1.89. The van der Waals surface area contributed by atoms with Gasteiger partial charge in [0.25, 0.3) is 0 Å². The van der Waals surface area contributed by atoms with Crippen LogP contribution in [0.25, 0.3) is 0 Å². The Kier molecular flexibility index (Phi) is 7.25. The number of hydrogen-bond acceptors (Lipinski definition) is 2. The van der Waals surface area contributed by atoms with Crippen molar-refractivity contribution in [2.75, 3.05) is 15.9 Å². The second-order valence-corrected chi connectivity index (χ2v) is 5.51. The molecule has 1 atom stereocenters. The van der Waals surface area contributed by atoms with Crippen molar-refractivity contribution in [3.05, 3.63) is 0 Å². The molecule has 1 unspecified atom stereocenters. The molecule has 0 saturated heterocycles. The van der Waals surface area contributed by atoms with E-state index < -0.39 is 0 Å². The fraction of sp³-hybridized carbons (Fsp3) is 1.00. The van der Waals surface area contributed by atoms with Gasteiger partial charge < -0.3 is 0 Å². The van der Waals surface area contributed by atoms with Crippen LogP contribution >= 0.6 is 0 Å². The van der Waals surface area contributed by atoms with Gasteiger partial charge in [0.1, 0.15) is 0 Å². The van der Waals surface area contributed by atoms with E-state index in [4.69, 9.17) is 5.73 Å². The molecule has 0 bridgehead atoms. The van der Waals surface area contributed by atoms with Crippen LogP contribution in [0.15, 0.2) is 0 Å². The molecule has 3 heteroatoms. The van der Waals surface area contributed by atoms with Crippen LogP contribution in [0.3, 0.4) is 0 Å². The first-order valence-electron chi connectivity index (χ1n) is 3.27. The van der Waals surface area contributed by atoms with Crippen molar-refractivity contribution < 1.29 is 21.2 Å². The van der Waals surface area contributed by atoms with Gasteiger partial charge in [0.15, 0.2) is 0 Å². The molecular formula is C6H16IN2-. The first kappa shape index (κ1) is 9.65. The molecule has 0 aromatic rings. The van der Waals surface area contributed by atoms with Crippen molar-refractivity contribution in [2.45, 2.75) is 19.5 Å². The van der Waals surface area contributed by atoms with Gasteiger partial charge in [-0.05, 0) is 0 Å². The van der Waals surface area contributed by atoms with Gasteiger partial charge in [-0.25, -0.2) is 0 Å². The third kappa shape index (κ3) is 6.54. The van der Waals surface area contributed by atoms with Crippen molar-refractivity contribution >= 4 is 0 Å². The quantitative estimate of drug-likeness (QED) is 0.234. The van der Waals surface area contributed by atoms with E-state index in [1.54, 1.807) is 0 Å². The van der Waals surface area contributed by atoms with E-state index >= 15 is 0 Å². The third-order valence-corrected chi connectivity index (χ3v) is 3.58. The fourth-order valence-corrected chi connectivity index (χ4v) is 2.35. The van der Waals surface area contributed by atoms with Crippen LogP contribution in [0.5, 0.6) is 0 Å². The van der Waals surface area contributed by atoms with E-state index in [9.17, 15) is 0 Å². The van der Waals surface area contributed by atoms with Gasteiger partial charge in [0.2, 0.25) is 0 Å². The van der Waals surface area contributed by atoms with Crippen molar-refractivity contribution in [2.24, 2.45) is 5.73 Å². The summed E-state index contributed by atoms with van der Waals surface area (Å²) >= 11 is 0.468. The summed E-state index contributed by atoms with van der Waals surface area (Å²) in [5.41, 5.74) is 5.62. The summed E-state index contributed by atoms with van der Waals surface area (Å²) in [4.78, 5) is 0. The molecule has 0 amide bonds. The number of nitrogens with two attached hydrogens (primary N) is 1. The predicted molar refractivity (Wildman–Crippen MR) is 37.1 cm³/mol. The van der Waals surface area contributed by atoms with E-state index in [-0.39, 0.29) is 6.17 Å². The molecule has 0 aromatic heterocycles. The van der Waals surface area contributed by atoms with Crippen molar-refractivity contribution in [3.63, 3.8) is 0 Å². The van der Waals surface area contributed by atoms with Crippen molar-refractivity contribution in [3.8, 4) is 0 Å². The molecule has 58 valence electrons. The van der Waals surface area contributed by atoms with Gasteiger partial charge in [-0.1, -0.05) is 0 Å². The summed E-state index contributed by atoms with van der Waals surface area (Å²) in [6.45, 7) is 2.25. The van der Waals surface area contributed by atoms with E-state index in [1.165, 1.54) is 8.86 Å². The van der Waals surface area contributed by atoms with E-state index in [1.807, 2.05) is 7.05 Å². The molecule has 0 heterocycles. The van der Waals surface area contributed by atoms with Gasteiger partial charge in [-0.15, -0.1) is 0 Å². The van der Waals surface area contributed by atoms with E-state index in [2.05, 4.69) is 12.2 Å². The Morgan fingerprint density at radius 2 is 2.33 bits per heavy atom. The molecule has 0 aliphatic heterocycles. The molecular weight excluding hydrogens is 227 g/mol. The monoisotopic (exact) mass is 243 g/mol. The van der Waals surface area contributed by atoms with E-state index in [0.29, 0.717) is 21.2 Å². The van der Waals surface area contributed by atoms with E-state index in [0.717, 1.165) is 6.42 Å². The fourth-order valence-electron chi connectivity index (χ4n) is 0.473. The molecule has 0 spiro atoms. The van der Waals surface area contributed by atoms with Crippen molar-refractivity contribution in [1.82, 2.24) is 5.32 Å². The zero-order chi connectivity index (χ0) is 7.11. The summed E-state index contributed by atoms with van der Waals surface area (Å²) in [7, 11) is 1.91. The molecule has 0 radical (unpaired) electrons. The first-order chi connectivity index (χ1) is 4.31. The van der Waals surface area contributed by atoms with Crippen LogP contribution in [-0.4, -0.2) is 22.1 Å². The minimum absolute atomic E-state index is 0.233. The Morgan fingerprint density at radius 3 is 2.78 bits per heavy atom. The Labute approximate surface area is 67.8 Å². The molecule has 0 aliphatic rings. The zero-order valence-electron chi connectivity index (χ0n) is 6.15. The van der Waals surface area contributed by atoms with Crippen LogP contribution in [0.2, 0.25) is 0 Å². The molecule has 0 aliphatic carbocycles. The Hall–Kier alpha value is 0.650. The molecule has 0 saturated carbocycles. The number of nitrogens with one attached hydrogen (secondary N) is 1. The van der Waals surface area contributed by atoms with Gasteiger partial charge >= 0.3 is 67.7 Å². The van der Waals surface area contributed by atoms with Crippen LogP contribution < -0.4 is 32.3 Å². The number of alkyl halides is 2.